The molecule has 2 aliphatic rings. The van der Waals surface area contributed by atoms with Crippen molar-refractivity contribution in [2.45, 2.75) is 25.4 Å². The molecule has 0 radical (unpaired) electrons. The van der Waals surface area contributed by atoms with E-state index in [1.165, 1.54) is 37.7 Å². The van der Waals surface area contributed by atoms with Crippen LogP contribution in [0.3, 0.4) is 0 Å². The minimum atomic E-state index is 0.350. The molecule has 2 fully saturated rings. The molecule has 2 aromatic carbocycles. The summed E-state index contributed by atoms with van der Waals surface area (Å²) >= 11 is 0. The fourth-order valence-corrected chi connectivity index (χ4v) is 5.33. The van der Waals surface area contributed by atoms with E-state index >= 15 is 0 Å². The quantitative estimate of drug-likeness (QED) is 0.277. The van der Waals surface area contributed by atoms with Gasteiger partial charge in [0.25, 0.3) is 0 Å². The summed E-state index contributed by atoms with van der Waals surface area (Å²) in [6, 6.07) is 14.9. The molecule has 7 nitrogen and oxygen atoms in total. The zero-order valence-corrected chi connectivity index (χ0v) is 19.7. The molecule has 2 saturated heterocycles. The Bertz CT molecular complexity index is 1260. The van der Waals surface area contributed by atoms with E-state index < -0.39 is 0 Å². The molecular formula is C27H33N7. The maximum Gasteiger partial charge on any atom is 0.0868 e. The van der Waals surface area contributed by atoms with E-state index in [0.29, 0.717) is 17.0 Å². The van der Waals surface area contributed by atoms with E-state index in [-0.39, 0.29) is 0 Å². The number of hydrogen-bond donors (Lipinski definition) is 5. The van der Waals surface area contributed by atoms with Gasteiger partial charge in [0.2, 0.25) is 0 Å². The molecule has 6 N–H and O–H groups in total. The van der Waals surface area contributed by atoms with Crippen molar-refractivity contribution in [3.63, 3.8) is 0 Å². The van der Waals surface area contributed by atoms with Crippen LogP contribution in [0.25, 0.3) is 16.5 Å². The number of allylic oxidation sites excluding steroid dienone is 1. The van der Waals surface area contributed by atoms with E-state index in [9.17, 15) is 0 Å². The lowest BCUT2D eigenvalue weighted by molar-refractivity contribution is 0.0994. The van der Waals surface area contributed by atoms with Gasteiger partial charge in [0.1, 0.15) is 0 Å². The highest BCUT2D eigenvalue weighted by molar-refractivity contribution is 6.16. The Kier molecular flexibility index (Phi) is 6.22. The monoisotopic (exact) mass is 455 g/mol. The lowest BCUT2D eigenvalue weighted by Gasteiger charge is -2.37. The van der Waals surface area contributed by atoms with Crippen LogP contribution in [0.15, 0.2) is 48.7 Å². The number of nitrogens with two attached hydrogens (primary N) is 1. The minimum Gasteiger partial charge on any atom is -0.398 e. The molecule has 1 atom stereocenters. The van der Waals surface area contributed by atoms with Crippen LogP contribution in [-0.2, 0) is 6.54 Å². The number of aromatic amines is 1. The van der Waals surface area contributed by atoms with Crippen LogP contribution in [0.2, 0.25) is 0 Å². The van der Waals surface area contributed by atoms with Crippen LogP contribution in [0.1, 0.15) is 35.2 Å². The Morgan fingerprint density at radius 1 is 1.18 bits per heavy atom. The molecule has 7 heteroatoms. The molecule has 176 valence electrons. The van der Waals surface area contributed by atoms with Crippen molar-refractivity contribution in [3.05, 3.63) is 71.0 Å². The third-order valence-electron chi connectivity index (χ3n) is 7.14. The molecule has 1 aromatic heterocycles. The fourth-order valence-electron chi connectivity index (χ4n) is 5.33. The molecule has 5 rings (SSSR count). The maximum atomic E-state index is 8.85. The Morgan fingerprint density at radius 2 is 2.06 bits per heavy atom. The minimum absolute atomic E-state index is 0.350. The average molecular weight is 456 g/mol. The van der Waals surface area contributed by atoms with E-state index in [1.807, 2.05) is 18.2 Å². The summed E-state index contributed by atoms with van der Waals surface area (Å²) in [6.07, 6.45) is 5.73. The topological polar surface area (TPSA) is 108 Å². The molecule has 2 aliphatic heterocycles. The van der Waals surface area contributed by atoms with Crippen LogP contribution < -0.4 is 11.1 Å². The summed E-state index contributed by atoms with van der Waals surface area (Å²) < 4.78 is 0. The highest BCUT2D eigenvalue weighted by Crippen LogP contribution is 2.26. The van der Waals surface area contributed by atoms with Crippen LogP contribution in [0.4, 0.5) is 5.69 Å². The SMILES string of the molecule is CN/C=C(\C=N)c1ccc(N)c(C(=N)c2cc3cc(CN4CCN5CCCC5C4)ccc3[nH]2)c1. The Morgan fingerprint density at radius 3 is 2.88 bits per heavy atom. The third-order valence-corrected chi connectivity index (χ3v) is 7.14. The zero-order valence-electron chi connectivity index (χ0n) is 19.7. The number of rotatable bonds is 7. The normalized spacial score (nSPS) is 19.3. The molecule has 0 amide bonds. The number of anilines is 1. The molecule has 0 spiro atoms. The number of hydrogen-bond acceptors (Lipinski definition) is 6. The predicted molar refractivity (Wildman–Crippen MR) is 141 cm³/mol. The molecule has 0 aliphatic carbocycles. The average Bonchev–Trinajstić information content (AvgIpc) is 3.49. The van der Waals surface area contributed by atoms with Crippen molar-refractivity contribution in [1.82, 2.24) is 20.1 Å². The van der Waals surface area contributed by atoms with Crippen LogP contribution >= 0.6 is 0 Å². The lowest BCUT2D eigenvalue weighted by Crippen LogP contribution is -2.49. The summed E-state index contributed by atoms with van der Waals surface area (Å²) in [5.74, 6) is 0. The van der Waals surface area contributed by atoms with Gasteiger partial charge in [0.15, 0.2) is 0 Å². The van der Waals surface area contributed by atoms with Gasteiger partial charge in [-0.05, 0) is 60.8 Å². The summed E-state index contributed by atoms with van der Waals surface area (Å²) in [5.41, 5.74) is 12.5. The molecule has 0 saturated carbocycles. The predicted octanol–water partition coefficient (Wildman–Crippen LogP) is 3.66. The van der Waals surface area contributed by atoms with E-state index in [2.05, 4.69) is 38.3 Å². The first-order valence-corrected chi connectivity index (χ1v) is 12.0. The second-order valence-electron chi connectivity index (χ2n) is 9.38. The number of H-pyrrole nitrogens is 1. The molecular weight excluding hydrogens is 422 g/mol. The van der Waals surface area contributed by atoms with Crippen molar-refractivity contribution < 1.29 is 0 Å². The number of benzene rings is 2. The van der Waals surface area contributed by atoms with Crippen LogP contribution in [0.5, 0.6) is 0 Å². The van der Waals surface area contributed by atoms with Crippen LogP contribution in [0, 0.1) is 10.8 Å². The van der Waals surface area contributed by atoms with Gasteiger partial charge in [-0.2, -0.15) is 0 Å². The summed E-state index contributed by atoms with van der Waals surface area (Å²) in [5, 5.41) is 20.6. The molecule has 34 heavy (non-hydrogen) atoms. The van der Waals surface area contributed by atoms with Gasteiger partial charge in [-0.15, -0.1) is 0 Å². The van der Waals surface area contributed by atoms with Crippen molar-refractivity contribution >= 4 is 34.1 Å². The fraction of sp³-hybridized carbons (Fsp3) is 0.333. The lowest BCUT2D eigenvalue weighted by atomic mass is 9.99. The van der Waals surface area contributed by atoms with Crippen molar-refractivity contribution in [1.29, 1.82) is 10.8 Å². The van der Waals surface area contributed by atoms with Gasteiger partial charge in [-0.3, -0.25) is 15.2 Å². The van der Waals surface area contributed by atoms with Gasteiger partial charge >= 0.3 is 0 Å². The Balaban J connectivity index is 1.37. The largest absolute Gasteiger partial charge is 0.398 e. The highest BCUT2D eigenvalue weighted by atomic mass is 15.3. The summed E-state index contributed by atoms with van der Waals surface area (Å²) in [7, 11) is 1.80. The number of piperazine rings is 1. The van der Waals surface area contributed by atoms with Crippen molar-refractivity contribution in [2.75, 3.05) is 39.0 Å². The number of aromatic nitrogens is 1. The second-order valence-corrected chi connectivity index (χ2v) is 9.38. The first-order chi connectivity index (χ1) is 16.6. The maximum absolute atomic E-state index is 8.85. The molecule has 3 aromatic rings. The highest BCUT2D eigenvalue weighted by Gasteiger charge is 2.30. The van der Waals surface area contributed by atoms with Gasteiger partial charge in [-0.25, -0.2) is 0 Å². The van der Waals surface area contributed by atoms with Gasteiger partial charge in [-0.1, -0.05) is 12.1 Å². The Hall–Kier alpha value is -3.42. The number of fused-ring (bicyclic) bond motifs is 2. The molecule has 3 heterocycles. The van der Waals surface area contributed by atoms with Crippen molar-refractivity contribution in [2.24, 2.45) is 0 Å². The smallest absolute Gasteiger partial charge is 0.0868 e. The molecule has 0 bridgehead atoms. The first kappa shape index (κ1) is 22.4. The van der Waals surface area contributed by atoms with E-state index in [4.69, 9.17) is 16.6 Å². The third kappa shape index (κ3) is 4.36. The second kappa shape index (κ2) is 9.44. The van der Waals surface area contributed by atoms with Gasteiger partial charge in [0, 0.05) is 79.4 Å². The number of nitrogens with one attached hydrogen (secondary N) is 4. The standard InChI is InChI=1S/C27H33N7/c1-31-15-21(14-28)19-5-6-24(29)23(12-19)27(30)26-13-20-11-18(4-7-25(20)32-26)16-33-9-10-34-8-2-3-22(34)17-33/h4-7,11-15,22,28,30-32H,2-3,8-10,16-17,29H2,1H3/b21-15+,28-14?,30-27?. The zero-order chi connectivity index (χ0) is 23.7. The number of nitrogens with zero attached hydrogens (tertiary/aromatic N) is 2. The first-order valence-electron chi connectivity index (χ1n) is 12.0. The Labute approximate surface area is 200 Å². The van der Waals surface area contributed by atoms with Gasteiger partial charge in [0.05, 0.1) is 11.4 Å². The molecule has 1 unspecified atom stereocenters. The van der Waals surface area contributed by atoms with Crippen molar-refractivity contribution in [3.8, 4) is 0 Å². The van der Waals surface area contributed by atoms with E-state index in [0.717, 1.165) is 53.4 Å². The van der Waals surface area contributed by atoms with Gasteiger partial charge < -0.3 is 21.4 Å². The number of nitrogen functional groups attached to an aromatic ring is 1. The van der Waals surface area contributed by atoms with Crippen LogP contribution in [-0.4, -0.2) is 66.0 Å². The summed E-state index contributed by atoms with van der Waals surface area (Å²) in [4.78, 5) is 8.62. The summed E-state index contributed by atoms with van der Waals surface area (Å²) in [6.45, 7) is 5.72. The van der Waals surface area contributed by atoms with E-state index in [1.54, 1.807) is 19.3 Å².